The summed E-state index contributed by atoms with van der Waals surface area (Å²) in [6.45, 7) is 0.269. The Hall–Kier alpha value is -2.62. The van der Waals surface area contributed by atoms with E-state index in [4.69, 9.17) is 0 Å². The van der Waals surface area contributed by atoms with Crippen LogP contribution in [0.2, 0.25) is 0 Å². The second-order valence-electron chi connectivity index (χ2n) is 5.79. The molecular formula is C15H18F3N5O2. The minimum absolute atomic E-state index is 0.0359. The Kier molecular flexibility index (Phi) is 5.31. The number of nitrogens with one attached hydrogen (secondary N) is 1. The Balaban J connectivity index is 2.25. The number of rotatable bonds is 6. The van der Waals surface area contributed by atoms with Crippen molar-refractivity contribution in [3.8, 4) is 0 Å². The molecule has 2 aromatic rings. The number of likely N-dealkylation sites (N-methyl/N-ethyl adjacent to an activating group) is 1. The van der Waals surface area contributed by atoms with E-state index in [9.17, 15) is 23.3 Å². The number of nitrogens with zero attached hydrogens (tertiary/aromatic N) is 4. The molecule has 1 heterocycles. The van der Waals surface area contributed by atoms with Gasteiger partial charge in [-0.05, 0) is 26.2 Å². The van der Waals surface area contributed by atoms with E-state index in [0.717, 1.165) is 17.7 Å². The first-order chi connectivity index (χ1) is 11.6. The zero-order valence-corrected chi connectivity index (χ0v) is 13.9. The topological polar surface area (TPSA) is 76.2 Å². The van der Waals surface area contributed by atoms with E-state index in [0.29, 0.717) is 6.07 Å². The van der Waals surface area contributed by atoms with E-state index >= 15 is 0 Å². The maximum atomic E-state index is 12.7. The molecule has 0 saturated heterocycles. The van der Waals surface area contributed by atoms with E-state index in [2.05, 4.69) is 10.4 Å². The van der Waals surface area contributed by atoms with Crippen LogP contribution in [0.15, 0.2) is 30.6 Å². The van der Waals surface area contributed by atoms with Crippen LogP contribution in [0.1, 0.15) is 17.2 Å². The van der Waals surface area contributed by atoms with Crippen LogP contribution in [0.4, 0.5) is 24.5 Å². The van der Waals surface area contributed by atoms with Gasteiger partial charge in [-0.25, -0.2) is 0 Å². The largest absolute Gasteiger partial charge is 0.416 e. The van der Waals surface area contributed by atoms with Crippen molar-refractivity contribution >= 4 is 11.4 Å². The third-order valence-electron chi connectivity index (χ3n) is 3.74. The van der Waals surface area contributed by atoms with Gasteiger partial charge in [-0.1, -0.05) is 0 Å². The van der Waals surface area contributed by atoms with E-state index in [1.165, 1.54) is 0 Å². The fourth-order valence-corrected chi connectivity index (χ4v) is 2.43. The molecule has 10 heteroatoms. The molecule has 2 rings (SSSR count). The van der Waals surface area contributed by atoms with Gasteiger partial charge in [0.15, 0.2) is 0 Å². The van der Waals surface area contributed by atoms with Gasteiger partial charge < -0.3 is 10.2 Å². The average molecular weight is 357 g/mol. The summed E-state index contributed by atoms with van der Waals surface area (Å²) < 4.78 is 39.9. The number of aromatic nitrogens is 2. The number of benzene rings is 1. The SMILES string of the molecule is CN(C)C(CNc1ccc(C(F)(F)F)cc1[N+](=O)[O-])c1cnn(C)c1. The highest BCUT2D eigenvalue weighted by molar-refractivity contribution is 5.63. The molecule has 1 atom stereocenters. The number of hydrogen-bond donors (Lipinski definition) is 1. The van der Waals surface area contributed by atoms with Crippen molar-refractivity contribution in [2.24, 2.45) is 7.05 Å². The van der Waals surface area contributed by atoms with Crippen LogP contribution < -0.4 is 5.32 Å². The Morgan fingerprint density at radius 1 is 1.40 bits per heavy atom. The van der Waals surface area contributed by atoms with Gasteiger partial charge in [-0.2, -0.15) is 18.3 Å². The second-order valence-corrected chi connectivity index (χ2v) is 5.79. The van der Waals surface area contributed by atoms with Crippen molar-refractivity contribution in [3.05, 3.63) is 51.8 Å². The van der Waals surface area contributed by atoms with Crippen molar-refractivity contribution in [2.75, 3.05) is 26.0 Å². The van der Waals surface area contributed by atoms with Crippen molar-refractivity contribution < 1.29 is 18.1 Å². The highest BCUT2D eigenvalue weighted by Gasteiger charge is 2.33. The van der Waals surface area contributed by atoms with Crippen LogP contribution >= 0.6 is 0 Å². The minimum Gasteiger partial charge on any atom is -0.378 e. The number of anilines is 1. The van der Waals surface area contributed by atoms with Crippen molar-refractivity contribution in [1.82, 2.24) is 14.7 Å². The molecule has 0 amide bonds. The second kappa shape index (κ2) is 7.09. The quantitative estimate of drug-likeness (QED) is 0.635. The summed E-state index contributed by atoms with van der Waals surface area (Å²) in [6.07, 6.45) is -1.15. The summed E-state index contributed by atoms with van der Waals surface area (Å²) in [5, 5.41) is 18.1. The van der Waals surface area contributed by atoms with Crippen LogP contribution in [-0.4, -0.2) is 40.2 Å². The van der Waals surface area contributed by atoms with Gasteiger partial charge in [0.05, 0.1) is 22.7 Å². The lowest BCUT2D eigenvalue weighted by atomic mass is 10.1. The highest BCUT2D eigenvalue weighted by atomic mass is 19.4. The van der Waals surface area contributed by atoms with Gasteiger partial charge >= 0.3 is 6.18 Å². The molecule has 0 spiro atoms. The average Bonchev–Trinajstić information content (AvgIpc) is 2.92. The fourth-order valence-electron chi connectivity index (χ4n) is 2.43. The summed E-state index contributed by atoms with van der Waals surface area (Å²) in [5.74, 6) is 0. The Labute approximate surface area is 142 Å². The smallest absolute Gasteiger partial charge is 0.378 e. The van der Waals surface area contributed by atoms with E-state index < -0.39 is 22.4 Å². The number of nitro benzene ring substituents is 1. The van der Waals surface area contributed by atoms with Crippen LogP contribution in [0.3, 0.4) is 0 Å². The maximum absolute atomic E-state index is 12.7. The van der Waals surface area contributed by atoms with Crippen LogP contribution in [-0.2, 0) is 13.2 Å². The van der Waals surface area contributed by atoms with Gasteiger partial charge in [0, 0.05) is 31.4 Å². The summed E-state index contributed by atoms with van der Waals surface area (Å²) in [7, 11) is 5.44. The molecule has 0 radical (unpaired) electrons. The summed E-state index contributed by atoms with van der Waals surface area (Å²) in [5.41, 5.74) is -0.747. The zero-order chi connectivity index (χ0) is 18.8. The number of hydrogen-bond acceptors (Lipinski definition) is 5. The van der Waals surface area contributed by atoms with Gasteiger partial charge in [-0.15, -0.1) is 0 Å². The maximum Gasteiger partial charge on any atom is 0.416 e. The molecular weight excluding hydrogens is 339 g/mol. The molecule has 1 unspecified atom stereocenters. The lowest BCUT2D eigenvalue weighted by molar-refractivity contribution is -0.384. The predicted molar refractivity (Wildman–Crippen MR) is 86.2 cm³/mol. The Morgan fingerprint density at radius 2 is 2.08 bits per heavy atom. The molecule has 0 bridgehead atoms. The molecule has 0 aliphatic heterocycles. The van der Waals surface area contributed by atoms with E-state index in [-0.39, 0.29) is 18.3 Å². The van der Waals surface area contributed by atoms with Gasteiger partial charge in [0.25, 0.3) is 5.69 Å². The van der Waals surface area contributed by atoms with Crippen molar-refractivity contribution in [1.29, 1.82) is 0 Å². The van der Waals surface area contributed by atoms with Crippen molar-refractivity contribution in [3.63, 3.8) is 0 Å². The van der Waals surface area contributed by atoms with Crippen LogP contribution in [0.25, 0.3) is 0 Å². The first kappa shape index (κ1) is 18.7. The first-order valence-corrected chi connectivity index (χ1v) is 7.34. The highest BCUT2D eigenvalue weighted by Crippen LogP contribution is 2.35. The minimum atomic E-state index is -4.63. The first-order valence-electron chi connectivity index (χ1n) is 7.34. The number of halogens is 3. The molecule has 1 N–H and O–H groups in total. The summed E-state index contributed by atoms with van der Waals surface area (Å²) >= 11 is 0. The third kappa shape index (κ3) is 4.47. The number of nitro groups is 1. The molecule has 0 aliphatic rings. The monoisotopic (exact) mass is 357 g/mol. The molecule has 25 heavy (non-hydrogen) atoms. The Morgan fingerprint density at radius 3 is 2.56 bits per heavy atom. The molecule has 0 saturated carbocycles. The predicted octanol–water partition coefficient (Wildman–Crippen LogP) is 3.06. The molecule has 7 nitrogen and oxygen atoms in total. The lowest BCUT2D eigenvalue weighted by Gasteiger charge is -2.24. The number of alkyl halides is 3. The van der Waals surface area contributed by atoms with Gasteiger partial charge in [0.2, 0.25) is 0 Å². The van der Waals surface area contributed by atoms with E-state index in [1.807, 2.05) is 25.2 Å². The zero-order valence-electron chi connectivity index (χ0n) is 13.9. The normalized spacial score (nSPS) is 13.1. The molecule has 0 aliphatic carbocycles. The molecule has 1 aromatic carbocycles. The fraction of sp³-hybridized carbons (Fsp3) is 0.400. The van der Waals surface area contributed by atoms with Crippen LogP contribution in [0, 0.1) is 10.1 Å². The lowest BCUT2D eigenvalue weighted by Crippen LogP contribution is -2.26. The molecule has 0 fully saturated rings. The summed E-state index contributed by atoms with van der Waals surface area (Å²) in [4.78, 5) is 12.2. The van der Waals surface area contributed by atoms with Gasteiger partial charge in [-0.3, -0.25) is 14.8 Å². The summed E-state index contributed by atoms with van der Waals surface area (Å²) in [6, 6.07) is 2.29. The third-order valence-corrected chi connectivity index (χ3v) is 3.74. The van der Waals surface area contributed by atoms with E-state index in [1.54, 1.807) is 17.9 Å². The van der Waals surface area contributed by atoms with Gasteiger partial charge in [0.1, 0.15) is 5.69 Å². The number of aryl methyl sites for hydroxylation is 1. The van der Waals surface area contributed by atoms with Crippen molar-refractivity contribution in [2.45, 2.75) is 12.2 Å². The molecule has 1 aromatic heterocycles. The Bertz CT molecular complexity index is 758. The van der Waals surface area contributed by atoms with Crippen LogP contribution in [0.5, 0.6) is 0 Å². The molecule has 136 valence electrons. The standard InChI is InChI=1S/C15H18F3N5O2/c1-21(2)14(10-7-20-22(3)9-10)8-19-12-5-4-11(15(16,17)18)6-13(12)23(24)25/h4-7,9,14,19H,8H2,1-3H3.